The Morgan fingerprint density at radius 1 is 1.54 bits per heavy atom. The van der Waals surface area contributed by atoms with Gasteiger partial charge in [0.1, 0.15) is 5.82 Å². The lowest BCUT2D eigenvalue weighted by molar-refractivity contribution is 0.220. The fraction of sp³-hybridized carbons (Fsp3) is 0.700. The SMILES string of the molecule is CC1=NC(N)=CCC1(N)C1CCC1. The van der Waals surface area contributed by atoms with Crippen LogP contribution in [0.2, 0.25) is 0 Å². The summed E-state index contributed by atoms with van der Waals surface area (Å²) in [6.45, 7) is 2.00. The lowest BCUT2D eigenvalue weighted by atomic mass is 9.67. The number of nitrogens with two attached hydrogens (primary N) is 2. The lowest BCUT2D eigenvalue weighted by Gasteiger charge is -2.43. The number of nitrogens with zero attached hydrogens (tertiary/aromatic N) is 1. The molecule has 13 heavy (non-hydrogen) atoms. The largest absolute Gasteiger partial charge is 0.384 e. The molecule has 2 rings (SSSR count). The predicted octanol–water partition coefficient (Wildman–Crippen LogP) is 1.15. The van der Waals surface area contributed by atoms with Crippen LogP contribution < -0.4 is 11.5 Å². The van der Waals surface area contributed by atoms with Crippen LogP contribution in [0.5, 0.6) is 0 Å². The number of hydrogen-bond donors (Lipinski definition) is 2. The number of hydrogen-bond acceptors (Lipinski definition) is 3. The molecule has 0 aromatic rings. The van der Waals surface area contributed by atoms with Crippen molar-refractivity contribution in [3.8, 4) is 0 Å². The molecule has 1 aliphatic heterocycles. The molecule has 1 fully saturated rings. The Balaban J connectivity index is 2.20. The van der Waals surface area contributed by atoms with Crippen LogP contribution in [-0.4, -0.2) is 11.3 Å². The van der Waals surface area contributed by atoms with Gasteiger partial charge in [0.2, 0.25) is 0 Å². The average Bonchev–Trinajstić information content (AvgIpc) is 1.95. The van der Waals surface area contributed by atoms with Gasteiger partial charge in [0.05, 0.1) is 5.54 Å². The van der Waals surface area contributed by atoms with Gasteiger partial charge in [-0.3, -0.25) is 0 Å². The van der Waals surface area contributed by atoms with E-state index in [-0.39, 0.29) is 5.54 Å². The zero-order valence-electron chi connectivity index (χ0n) is 8.09. The smallest absolute Gasteiger partial charge is 0.119 e. The summed E-state index contributed by atoms with van der Waals surface area (Å²) in [7, 11) is 0. The highest BCUT2D eigenvalue weighted by atomic mass is 15.0. The van der Waals surface area contributed by atoms with E-state index in [1.54, 1.807) is 0 Å². The molecule has 1 aliphatic carbocycles. The Morgan fingerprint density at radius 2 is 2.23 bits per heavy atom. The van der Waals surface area contributed by atoms with E-state index >= 15 is 0 Å². The maximum atomic E-state index is 6.34. The molecule has 1 heterocycles. The first-order valence-electron chi connectivity index (χ1n) is 4.93. The van der Waals surface area contributed by atoms with E-state index in [0.717, 1.165) is 12.1 Å². The van der Waals surface area contributed by atoms with E-state index in [0.29, 0.717) is 11.7 Å². The van der Waals surface area contributed by atoms with Gasteiger partial charge in [-0.05, 0) is 38.2 Å². The summed E-state index contributed by atoms with van der Waals surface area (Å²) in [5.41, 5.74) is 12.8. The first kappa shape index (κ1) is 8.75. The summed E-state index contributed by atoms with van der Waals surface area (Å²) in [6.07, 6.45) is 6.62. The van der Waals surface area contributed by atoms with Gasteiger partial charge in [-0.25, -0.2) is 4.99 Å². The van der Waals surface area contributed by atoms with Gasteiger partial charge >= 0.3 is 0 Å². The molecule has 0 saturated heterocycles. The van der Waals surface area contributed by atoms with E-state index in [1.807, 2.05) is 13.0 Å². The molecule has 72 valence electrons. The van der Waals surface area contributed by atoms with Crippen molar-refractivity contribution in [2.75, 3.05) is 0 Å². The van der Waals surface area contributed by atoms with Crippen molar-refractivity contribution < 1.29 is 0 Å². The van der Waals surface area contributed by atoms with Crippen LogP contribution in [0.4, 0.5) is 0 Å². The molecule has 2 aliphatic rings. The van der Waals surface area contributed by atoms with E-state index in [9.17, 15) is 0 Å². The molecule has 1 saturated carbocycles. The quantitative estimate of drug-likeness (QED) is 0.634. The van der Waals surface area contributed by atoms with Gasteiger partial charge in [-0.2, -0.15) is 0 Å². The maximum Gasteiger partial charge on any atom is 0.119 e. The fourth-order valence-corrected chi connectivity index (χ4v) is 2.15. The third-order valence-electron chi connectivity index (χ3n) is 3.45. The summed E-state index contributed by atoms with van der Waals surface area (Å²) >= 11 is 0. The molecule has 0 spiro atoms. The summed E-state index contributed by atoms with van der Waals surface area (Å²) in [4.78, 5) is 4.27. The Labute approximate surface area is 78.9 Å². The highest BCUT2D eigenvalue weighted by Crippen LogP contribution is 2.39. The molecule has 3 nitrogen and oxygen atoms in total. The Hall–Kier alpha value is -0.830. The second kappa shape index (κ2) is 2.84. The molecule has 0 radical (unpaired) electrons. The van der Waals surface area contributed by atoms with Crippen molar-refractivity contribution in [2.45, 2.75) is 38.1 Å². The Kier molecular flexibility index (Phi) is 1.91. The zero-order chi connectivity index (χ0) is 9.47. The third kappa shape index (κ3) is 1.27. The minimum Gasteiger partial charge on any atom is -0.384 e. The standard InChI is InChI=1S/C10H17N3/c1-7-10(12,8-3-2-4-8)6-5-9(11)13-7/h5,8H,2-4,6,11-12H2,1H3. The summed E-state index contributed by atoms with van der Waals surface area (Å²) < 4.78 is 0. The summed E-state index contributed by atoms with van der Waals surface area (Å²) in [6, 6.07) is 0. The minimum absolute atomic E-state index is 0.193. The van der Waals surface area contributed by atoms with Gasteiger partial charge in [-0.15, -0.1) is 0 Å². The van der Waals surface area contributed by atoms with Crippen molar-refractivity contribution in [1.82, 2.24) is 0 Å². The van der Waals surface area contributed by atoms with Crippen LogP contribution in [0.3, 0.4) is 0 Å². The molecular weight excluding hydrogens is 162 g/mol. The Bertz CT molecular complexity index is 276. The van der Waals surface area contributed by atoms with Gasteiger partial charge in [0, 0.05) is 5.71 Å². The van der Waals surface area contributed by atoms with Crippen LogP contribution in [0.1, 0.15) is 32.6 Å². The molecule has 4 N–H and O–H groups in total. The van der Waals surface area contributed by atoms with Crippen LogP contribution in [0.15, 0.2) is 16.9 Å². The molecular formula is C10H17N3. The van der Waals surface area contributed by atoms with Crippen LogP contribution in [-0.2, 0) is 0 Å². The number of rotatable bonds is 1. The monoisotopic (exact) mass is 179 g/mol. The van der Waals surface area contributed by atoms with Crippen molar-refractivity contribution in [3.63, 3.8) is 0 Å². The number of aliphatic imine (C=N–C) groups is 1. The zero-order valence-corrected chi connectivity index (χ0v) is 8.09. The second-order valence-electron chi connectivity index (χ2n) is 4.20. The van der Waals surface area contributed by atoms with Crippen molar-refractivity contribution in [2.24, 2.45) is 22.4 Å². The predicted molar refractivity (Wildman–Crippen MR) is 54.3 cm³/mol. The third-order valence-corrected chi connectivity index (χ3v) is 3.45. The molecule has 0 bridgehead atoms. The van der Waals surface area contributed by atoms with Crippen molar-refractivity contribution >= 4 is 5.71 Å². The molecule has 0 aromatic heterocycles. The normalized spacial score (nSPS) is 34.9. The fourth-order valence-electron chi connectivity index (χ4n) is 2.15. The maximum absolute atomic E-state index is 6.34. The van der Waals surface area contributed by atoms with E-state index < -0.39 is 0 Å². The van der Waals surface area contributed by atoms with Crippen LogP contribution >= 0.6 is 0 Å². The lowest BCUT2D eigenvalue weighted by Crippen LogP contribution is -2.56. The summed E-state index contributed by atoms with van der Waals surface area (Å²) in [5, 5.41) is 0. The minimum atomic E-state index is -0.193. The average molecular weight is 179 g/mol. The molecule has 0 amide bonds. The van der Waals surface area contributed by atoms with Crippen molar-refractivity contribution in [1.29, 1.82) is 0 Å². The second-order valence-corrected chi connectivity index (χ2v) is 4.20. The van der Waals surface area contributed by atoms with Crippen LogP contribution in [0.25, 0.3) is 0 Å². The molecule has 3 heteroatoms. The first-order valence-corrected chi connectivity index (χ1v) is 4.93. The van der Waals surface area contributed by atoms with E-state index in [2.05, 4.69) is 4.99 Å². The summed E-state index contributed by atoms with van der Waals surface area (Å²) in [5.74, 6) is 1.25. The van der Waals surface area contributed by atoms with Gasteiger partial charge in [-0.1, -0.05) is 6.42 Å². The van der Waals surface area contributed by atoms with Gasteiger partial charge in [0.15, 0.2) is 0 Å². The molecule has 1 atom stereocenters. The van der Waals surface area contributed by atoms with E-state index in [1.165, 1.54) is 19.3 Å². The topological polar surface area (TPSA) is 64.4 Å². The Morgan fingerprint density at radius 3 is 2.69 bits per heavy atom. The molecule has 0 aromatic carbocycles. The van der Waals surface area contributed by atoms with Gasteiger partial charge in [0.25, 0.3) is 0 Å². The van der Waals surface area contributed by atoms with Crippen LogP contribution in [0, 0.1) is 5.92 Å². The highest BCUT2D eigenvalue weighted by molar-refractivity contribution is 5.93. The highest BCUT2D eigenvalue weighted by Gasteiger charge is 2.41. The molecule has 1 unspecified atom stereocenters. The first-order chi connectivity index (χ1) is 6.13. The van der Waals surface area contributed by atoms with Gasteiger partial charge < -0.3 is 11.5 Å². The van der Waals surface area contributed by atoms with E-state index in [4.69, 9.17) is 11.5 Å². The van der Waals surface area contributed by atoms with Crippen molar-refractivity contribution in [3.05, 3.63) is 11.9 Å².